The molecule has 0 amide bonds. The van der Waals surface area contributed by atoms with Crippen LogP contribution in [0.4, 0.5) is 8.78 Å². The highest BCUT2D eigenvalue weighted by Crippen LogP contribution is 2.17. The highest BCUT2D eigenvalue weighted by atomic mass is 19.2. The van der Waals surface area contributed by atoms with Crippen molar-refractivity contribution in [3.05, 3.63) is 65.5 Å². The molecule has 1 aromatic heterocycles. The maximum Gasteiger partial charge on any atom is 0.159 e. The highest BCUT2D eigenvalue weighted by molar-refractivity contribution is 5.88. The van der Waals surface area contributed by atoms with E-state index in [0.29, 0.717) is 16.8 Å². The van der Waals surface area contributed by atoms with Crippen molar-refractivity contribution in [1.29, 1.82) is 5.26 Å². The van der Waals surface area contributed by atoms with E-state index in [4.69, 9.17) is 5.26 Å². The van der Waals surface area contributed by atoms with Crippen LogP contribution in [0.25, 0.3) is 11.6 Å². The second kappa shape index (κ2) is 5.19. The number of halogens is 2. The molecule has 18 heavy (non-hydrogen) atoms. The molecule has 2 nitrogen and oxygen atoms in total. The van der Waals surface area contributed by atoms with Crippen LogP contribution in [0, 0.1) is 23.0 Å². The van der Waals surface area contributed by atoms with Gasteiger partial charge in [0.15, 0.2) is 11.6 Å². The predicted octanol–water partition coefficient (Wildman–Crippen LogP) is 3.42. The highest BCUT2D eigenvalue weighted by Gasteiger charge is 2.04. The molecule has 0 aliphatic carbocycles. The zero-order valence-corrected chi connectivity index (χ0v) is 9.27. The lowest BCUT2D eigenvalue weighted by Crippen LogP contribution is -1.88. The molecule has 4 heteroatoms. The van der Waals surface area contributed by atoms with Crippen molar-refractivity contribution >= 4 is 11.6 Å². The third-order valence-corrected chi connectivity index (χ3v) is 2.32. The minimum atomic E-state index is -0.943. The molecule has 2 aromatic rings. The first-order valence-electron chi connectivity index (χ1n) is 5.19. The molecule has 0 aliphatic rings. The molecule has 0 radical (unpaired) electrons. The van der Waals surface area contributed by atoms with Crippen molar-refractivity contribution in [2.45, 2.75) is 0 Å². The van der Waals surface area contributed by atoms with Crippen LogP contribution in [0.5, 0.6) is 0 Å². The van der Waals surface area contributed by atoms with Gasteiger partial charge in [-0.25, -0.2) is 8.78 Å². The number of aromatic nitrogens is 1. The molecule has 0 fully saturated rings. The Balaban J connectivity index is 2.42. The third-order valence-electron chi connectivity index (χ3n) is 2.32. The summed E-state index contributed by atoms with van der Waals surface area (Å²) in [4.78, 5) is 4.03. The zero-order valence-electron chi connectivity index (χ0n) is 9.27. The summed E-state index contributed by atoms with van der Waals surface area (Å²) in [5, 5.41) is 9.04. The van der Waals surface area contributed by atoms with Gasteiger partial charge in [0.25, 0.3) is 0 Å². The van der Waals surface area contributed by atoms with E-state index >= 15 is 0 Å². The average molecular weight is 242 g/mol. The smallest absolute Gasteiger partial charge is 0.159 e. The normalized spacial score (nSPS) is 11.1. The lowest BCUT2D eigenvalue weighted by molar-refractivity contribution is 0.508. The fraction of sp³-hybridized carbons (Fsp3) is 0. The van der Waals surface area contributed by atoms with Gasteiger partial charge in [0.1, 0.15) is 6.07 Å². The number of pyridine rings is 1. The van der Waals surface area contributed by atoms with Gasteiger partial charge in [-0.15, -0.1) is 0 Å². The van der Waals surface area contributed by atoms with E-state index in [1.807, 2.05) is 6.07 Å². The lowest BCUT2D eigenvalue weighted by Gasteiger charge is -1.99. The fourth-order valence-corrected chi connectivity index (χ4v) is 1.45. The molecule has 0 spiro atoms. The summed E-state index contributed by atoms with van der Waals surface area (Å²) in [6.45, 7) is 0. The van der Waals surface area contributed by atoms with Gasteiger partial charge in [-0.2, -0.15) is 5.26 Å². The van der Waals surface area contributed by atoms with Gasteiger partial charge in [0.05, 0.1) is 11.3 Å². The molecule has 0 saturated carbocycles. The van der Waals surface area contributed by atoms with E-state index in [1.165, 1.54) is 12.1 Å². The molecule has 0 atom stereocenters. The Kier molecular flexibility index (Phi) is 3.44. The predicted molar refractivity (Wildman–Crippen MR) is 64.1 cm³/mol. The molecule has 88 valence electrons. The van der Waals surface area contributed by atoms with Crippen LogP contribution in [0.15, 0.2) is 42.6 Å². The Hall–Kier alpha value is -2.54. The van der Waals surface area contributed by atoms with Gasteiger partial charge < -0.3 is 0 Å². The SMILES string of the molecule is N#C/C(=C\c1ccc(F)c(F)c1)c1ccccn1. The summed E-state index contributed by atoms with van der Waals surface area (Å²) in [6.07, 6.45) is 3.02. The molecule has 0 aliphatic heterocycles. The van der Waals surface area contributed by atoms with Gasteiger partial charge in [-0.05, 0) is 35.9 Å². The largest absolute Gasteiger partial charge is 0.256 e. The number of hydrogen-bond acceptors (Lipinski definition) is 2. The molecule has 2 rings (SSSR count). The quantitative estimate of drug-likeness (QED) is 0.756. The minimum Gasteiger partial charge on any atom is -0.256 e. The Morgan fingerprint density at radius 3 is 2.61 bits per heavy atom. The van der Waals surface area contributed by atoms with Gasteiger partial charge in [0, 0.05) is 6.20 Å². The van der Waals surface area contributed by atoms with E-state index in [-0.39, 0.29) is 0 Å². The number of hydrogen-bond donors (Lipinski definition) is 0. The lowest BCUT2D eigenvalue weighted by atomic mass is 10.1. The second-order valence-electron chi connectivity index (χ2n) is 3.56. The molecule has 0 N–H and O–H groups in total. The molecular formula is C14H8F2N2. The van der Waals surface area contributed by atoms with Crippen LogP contribution in [0.3, 0.4) is 0 Å². The summed E-state index contributed by atoms with van der Waals surface area (Å²) < 4.78 is 25.8. The van der Waals surface area contributed by atoms with Crippen LogP contribution >= 0.6 is 0 Å². The summed E-state index contributed by atoms with van der Waals surface area (Å²) in [6, 6.07) is 10.6. The summed E-state index contributed by atoms with van der Waals surface area (Å²) >= 11 is 0. The standard InChI is InChI=1S/C14H8F2N2/c15-12-5-4-10(8-13(12)16)7-11(9-17)14-3-1-2-6-18-14/h1-8H/b11-7+. The number of rotatable bonds is 2. The van der Waals surface area contributed by atoms with Crippen molar-refractivity contribution in [3.8, 4) is 6.07 Å². The van der Waals surface area contributed by atoms with Crippen molar-refractivity contribution < 1.29 is 8.78 Å². The number of benzene rings is 1. The van der Waals surface area contributed by atoms with Gasteiger partial charge in [0.2, 0.25) is 0 Å². The maximum absolute atomic E-state index is 13.0. The van der Waals surface area contributed by atoms with Crippen molar-refractivity contribution in [2.75, 3.05) is 0 Å². The number of allylic oxidation sites excluding steroid dienone is 1. The molecule has 1 aromatic carbocycles. The van der Waals surface area contributed by atoms with Gasteiger partial charge in [-0.1, -0.05) is 12.1 Å². The van der Waals surface area contributed by atoms with Crippen LogP contribution in [0.1, 0.15) is 11.3 Å². The molecule has 0 unspecified atom stereocenters. The first kappa shape index (κ1) is 11.9. The van der Waals surface area contributed by atoms with Crippen molar-refractivity contribution in [3.63, 3.8) is 0 Å². The fourth-order valence-electron chi connectivity index (χ4n) is 1.45. The molecular weight excluding hydrogens is 234 g/mol. The van der Waals surface area contributed by atoms with Crippen LogP contribution in [0.2, 0.25) is 0 Å². The van der Waals surface area contributed by atoms with E-state index < -0.39 is 11.6 Å². The maximum atomic E-state index is 13.0. The first-order valence-corrected chi connectivity index (χ1v) is 5.19. The van der Waals surface area contributed by atoms with Gasteiger partial charge in [-0.3, -0.25) is 4.98 Å². The summed E-state index contributed by atoms with van der Waals surface area (Å²) in [7, 11) is 0. The van der Waals surface area contributed by atoms with Gasteiger partial charge >= 0.3 is 0 Å². The van der Waals surface area contributed by atoms with E-state index in [0.717, 1.165) is 12.1 Å². The minimum absolute atomic E-state index is 0.293. The zero-order chi connectivity index (χ0) is 13.0. The Morgan fingerprint density at radius 1 is 1.17 bits per heavy atom. The molecule has 0 bridgehead atoms. The topological polar surface area (TPSA) is 36.7 Å². The van der Waals surface area contributed by atoms with Crippen LogP contribution in [-0.4, -0.2) is 4.98 Å². The Bertz CT molecular complexity index is 628. The Morgan fingerprint density at radius 2 is 2.00 bits per heavy atom. The van der Waals surface area contributed by atoms with Crippen molar-refractivity contribution in [2.24, 2.45) is 0 Å². The monoisotopic (exact) mass is 242 g/mol. The van der Waals surface area contributed by atoms with E-state index in [1.54, 1.807) is 24.4 Å². The second-order valence-corrected chi connectivity index (χ2v) is 3.56. The summed E-state index contributed by atoms with van der Waals surface area (Å²) in [5.74, 6) is -1.86. The number of nitriles is 1. The van der Waals surface area contributed by atoms with Crippen molar-refractivity contribution in [1.82, 2.24) is 4.98 Å². The summed E-state index contributed by atoms with van der Waals surface area (Å²) in [5.41, 5.74) is 1.20. The molecule has 0 saturated heterocycles. The van der Waals surface area contributed by atoms with Crippen LogP contribution < -0.4 is 0 Å². The van der Waals surface area contributed by atoms with Crippen LogP contribution in [-0.2, 0) is 0 Å². The average Bonchev–Trinajstić information content (AvgIpc) is 2.41. The van der Waals surface area contributed by atoms with E-state index in [9.17, 15) is 8.78 Å². The molecule has 1 heterocycles. The number of nitrogens with zero attached hydrogens (tertiary/aromatic N) is 2. The Labute approximate surface area is 103 Å². The first-order chi connectivity index (χ1) is 8.70. The third kappa shape index (κ3) is 2.58. The van der Waals surface area contributed by atoms with E-state index in [2.05, 4.69) is 4.98 Å².